The molecule has 1 aromatic heterocycles. The molecule has 0 aromatic carbocycles. The molecule has 0 amide bonds. The molecule has 1 aromatic rings. The molecule has 0 atom stereocenters. The van der Waals surface area contributed by atoms with Crippen molar-refractivity contribution in [3.63, 3.8) is 0 Å². The van der Waals surface area contributed by atoms with Crippen molar-refractivity contribution >= 4 is 0 Å². The van der Waals surface area contributed by atoms with E-state index in [4.69, 9.17) is 10.5 Å². The lowest BCUT2D eigenvalue weighted by molar-refractivity contribution is 0.394. The van der Waals surface area contributed by atoms with E-state index in [1.54, 1.807) is 13.3 Å². The van der Waals surface area contributed by atoms with Gasteiger partial charge in [-0.15, -0.1) is 0 Å². The van der Waals surface area contributed by atoms with Gasteiger partial charge >= 0.3 is 0 Å². The predicted octanol–water partition coefficient (Wildman–Crippen LogP) is 0.857. The Morgan fingerprint density at radius 3 is 2.91 bits per heavy atom. The largest absolute Gasteiger partial charge is 0.481 e. The number of ether oxygens (including phenoxy) is 1. The normalized spacial score (nSPS) is 9.73. The molecule has 3 nitrogen and oxygen atoms in total. The monoisotopic (exact) mass is 152 g/mol. The van der Waals surface area contributed by atoms with E-state index < -0.39 is 0 Å². The van der Waals surface area contributed by atoms with Gasteiger partial charge in [0.1, 0.15) is 0 Å². The van der Waals surface area contributed by atoms with Crippen LogP contribution in [0.2, 0.25) is 0 Å². The topological polar surface area (TPSA) is 48.1 Å². The average molecular weight is 152 g/mol. The molecule has 0 fully saturated rings. The van der Waals surface area contributed by atoms with Crippen molar-refractivity contribution in [3.8, 4) is 5.88 Å². The van der Waals surface area contributed by atoms with Crippen molar-refractivity contribution in [2.75, 3.05) is 7.11 Å². The van der Waals surface area contributed by atoms with Crippen LogP contribution in [0.15, 0.2) is 12.3 Å². The molecule has 0 saturated heterocycles. The van der Waals surface area contributed by atoms with Crippen molar-refractivity contribution in [2.24, 2.45) is 5.73 Å². The molecule has 60 valence electrons. The van der Waals surface area contributed by atoms with Crippen LogP contribution in [-0.4, -0.2) is 12.1 Å². The maximum atomic E-state index is 5.49. The van der Waals surface area contributed by atoms with Crippen molar-refractivity contribution in [1.29, 1.82) is 0 Å². The Morgan fingerprint density at radius 2 is 2.36 bits per heavy atom. The minimum atomic E-state index is 0.532. The van der Waals surface area contributed by atoms with E-state index in [2.05, 4.69) is 4.98 Å². The Bertz CT molecular complexity index is 226. The van der Waals surface area contributed by atoms with E-state index in [0.29, 0.717) is 12.4 Å². The smallest absolute Gasteiger partial charge is 0.216 e. The highest BCUT2D eigenvalue weighted by molar-refractivity contribution is 5.32. The van der Waals surface area contributed by atoms with Crippen LogP contribution < -0.4 is 10.5 Å². The Morgan fingerprint density at radius 1 is 1.64 bits per heavy atom. The number of nitrogens with two attached hydrogens (primary N) is 1. The summed E-state index contributed by atoms with van der Waals surface area (Å²) in [5.74, 6) is 0.660. The summed E-state index contributed by atoms with van der Waals surface area (Å²) in [6.45, 7) is 2.48. The van der Waals surface area contributed by atoms with Crippen LogP contribution in [-0.2, 0) is 6.54 Å². The zero-order valence-electron chi connectivity index (χ0n) is 6.79. The number of aromatic nitrogens is 1. The fourth-order valence-electron chi connectivity index (χ4n) is 0.981. The van der Waals surface area contributed by atoms with Gasteiger partial charge in [-0.25, -0.2) is 4.98 Å². The molecule has 1 rings (SSSR count). The maximum Gasteiger partial charge on any atom is 0.216 e. The second-order valence-corrected chi connectivity index (χ2v) is 2.31. The average Bonchev–Trinajstić information content (AvgIpc) is 2.05. The molecule has 0 aliphatic carbocycles. The van der Waals surface area contributed by atoms with Gasteiger partial charge in [0.05, 0.1) is 7.11 Å². The van der Waals surface area contributed by atoms with Gasteiger partial charge in [-0.2, -0.15) is 0 Å². The Kier molecular flexibility index (Phi) is 2.44. The summed E-state index contributed by atoms with van der Waals surface area (Å²) in [6.07, 6.45) is 1.70. The summed E-state index contributed by atoms with van der Waals surface area (Å²) < 4.78 is 5.02. The van der Waals surface area contributed by atoms with Crippen LogP contribution in [0.3, 0.4) is 0 Å². The third kappa shape index (κ3) is 1.49. The van der Waals surface area contributed by atoms with Gasteiger partial charge in [-0.05, 0) is 18.6 Å². The maximum absolute atomic E-state index is 5.49. The number of hydrogen-bond acceptors (Lipinski definition) is 3. The van der Waals surface area contributed by atoms with Gasteiger partial charge < -0.3 is 10.5 Å². The Hall–Kier alpha value is -1.09. The third-order valence-electron chi connectivity index (χ3n) is 1.68. The third-order valence-corrected chi connectivity index (χ3v) is 1.68. The van der Waals surface area contributed by atoms with Crippen molar-refractivity contribution in [2.45, 2.75) is 13.5 Å². The zero-order valence-corrected chi connectivity index (χ0v) is 6.79. The minimum Gasteiger partial charge on any atom is -0.481 e. The predicted molar refractivity (Wildman–Crippen MR) is 43.4 cm³/mol. The molecular weight excluding hydrogens is 140 g/mol. The highest BCUT2D eigenvalue weighted by Crippen LogP contribution is 2.16. The summed E-state index contributed by atoms with van der Waals surface area (Å²) in [5, 5.41) is 0. The van der Waals surface area contributed by atoms with E-state index in [9.17, 15) is 0 Å². The number of hydrogen-bond donors (Lipinski definition) is 1. The molecule has 1 heterocycles. The fourth-order valence-corrected chi connectivity index (χ4v) is 0.981. The van der Waals surface area contributed by atoms with E-state index in [1.807, 2.05) is 13.0 Å². The second kappa shape index (κ2) is 3.34. The van der Waals surface area contributed by atoms with Gasteiger partial charge in [0.2, 0.25) is 5.88 Å². The first-order chi connectivity index (χ1) is 5.29. The first-order valence-corrected chi connectivity index (χ1v) is 3.48. The molecule has 0 unspecified atom stereocenters. The highest BCUT2D eigenvalue weighted by atomic mass is 16.5. The van der Waals surface area contributed by atoms with Crippen LogP contribution in [0, 0.1) is 6.92 Å². The van der Waals surface area contributed by atoms with Crippen LogP contribution in [0.5, 0.6) is 5.88 Å². The summed E-state index contributed by atoms with van der Waals surface area (Å²) in [7, 11) is 1.61. The summed E-state index contributed by atoms with van der Waals surface area (Å²) >= 11 is 0. The quantitative estimate of drug-likeness (QED) is 0.683. The molecule has 0 bridgehead atoms. The molecule has 0 aliphatic heterocycles. The van der Waals surface area contributed by atoms with Crippen LogP contribution in [0.4, 0.5) is 0 Å². The van der Waals surface area contributed by atoms with Crippen molar-refractivity contribution < 1.29 is 4.74 Å². The molecule has 3 heteroatoms. The van der Waals surface area contributed by atoms with Crippen LogP contribution in [0.25, 0.3) is 0 Å². The molecule has 11 heavy (non-hydrogen) atoms. The lowest BCUT2D eigenvalue weighted by atomic mass is 10.1. The number of nitrogens with zero attached hydrogens (tertiary/aromatic N) is 1. The number of methoxy groups -OCH3 is 1. The van der Waals surface area contributed by atoms with Gasteiger partial charge in [0.25, 0.3) is 0 Å². The van der Waals surface area contributed by atoms with E-state index in [-0.39, 0.29) is 0 Å². The lowest BCUT2D eigenvalue weighted by Crippen LogP contribution is -2.01. The first kappa shape index (κ1) is 8.01. The molecule has 2 N–H and O–H groups in total. The molecule has 0 saturated carbocycles. The highest BCUT2D eigenvalue weighted by Gasteiger charge is 2.02. The van der Waals surface area contributed by atoms with Crippen LogP contribution in [0.1, 0.15) is 11.1 Å². The summed E-state index contributed by atoms with van der Waals surface area (Å²) in [6, 6.07) is 1.90. The van der Waals surface area contributed by atoms with Gasteiger partial charge in [-0.3, -0.25) is 0 Å². The first-order valence-electron chi connectivity index (χ1n) is 3.48. The van der Waals surface area contributed by atoms with Gasteiger partial charge in [0.15, 0.2) is 0 Å². The fraction of sp³-hybridized carbons (Fsp3) is 0.375. The van der Waals surface area contributed by atoms with Crippen molar-refractivity contribution in [1.82, 2.24) is 4.98 Å². The Balaban J connectivity index is 3.10. The second-order valence-electron chi connectivity index (χ2n) is 2.31. The Labute approximate surface area is 66.2 Å². The summed E-state index contributed by atoms with van der Waals surface area (Å²) in [5.41, 5.74) is 7.60. The molecule has 0 aliphatic rings. The SMILES string of the molecule is COc1nccc(CN)c1C. The number of rotatable bonds is 2. The van der Waals surface area contributed by atoms with Crippen LogP contribution >= 0.6 is 0 Å². The van der Waals surface area contributed by atoms with Gasteiger partial charge in [0, 0.05) is 18.3 Å². The standard InChI is InChI=1S/C8H12N2O/c1-6-7(5-9)3-4-10-8(6)11-2/h3-4H,5,9H2,1-2H3. The molecule has 0 radical (unpaired) electrons. The number of pyridine rings is 1. The van der Waals surface area contributed by atoms with E-state index in [1.165, 1.54) is 0 Å². The van der Waals surface area contributed by atoms with Gasteiger partial charge in [-0.1, -0.05) is 0 Å². The van der Waals surface area contributed by atoms with E-state index in [0.717, 1.165) is 11.1 Å². The summed E-state index contributed by atoms with van der Waals surface area (Å²) in [4.78, 5) is 4.03. The van der Waals surface area contributed by atoms with E-state index >= 15 is 0 Å². The zero-order chi connectivity index (χ0) is 8.27. The molecular formula is C8H12N2O. The molecule has 0 spiro atoms. The lowest BCUT2D eigenvalue weighted by Gasteiger charge is -2.05. The minimum absolute atomic E-state index is 0.532. The van der Waals surface area contributed by atoms with Crippen molar-refractivity contribution in [3.05, 3.63) is 23.4 Å².